The number of aromatic nitrogens is 3. The molecule has 0 radical (unpaired) electrons. The molecular weight excluding hydrogens is 304 g/mol. The Bertz CT molecular complexity index is 526. The maximum absolute atomic E-state index is 4.46. The Kier molecular flexibility index (Phi) is 3.94. The van der Waals surface area contributed by atoms with Gasteiger partial charge in [-0.2, -0.15) is 0 Å². The predicted molar refractivity (Wildman–Crippen MR) is 77.7 cm³/mol. The van der Waals surface area contributed by atoms with Crippen LogP contribution >= 0.6 is 15.9 Å². The van der Waals surface area contributed by atoms with Gasteiger partial charge < -0.3 is 9.88 Å². The summed E-state index contributed by atoms with van der Waals surface area (Å²) in [6.07, 6.45) is 9.54. The highest BCUT2D eigenvalue weighted by molar-refractivity contribution is 9.10. The van der Waals surface area contributed by atoms with Gasteiger partial charge in [-0.25, -0.2) is 9.97 Å². The van der Waals surface area contributed by atoms with Crippen molar-refractivity contribution in [3.63, 3.8) is 0 Å². The zero-order valence-electron chi connectivity index (χ0n) is 10.7. The highest BCUT2D eigenvalue weighted by Crippen LogP contribution is 2.30. The van der Waals surface area contributed by atoms with Gasteiger partial charge in [0, 0.05) is 31.0 Å². The molecule has 0 bridgehead atoms. The lowest BCUT2D eigenvalue weighted by Gasteiger charge is -2.22. The van der Waals surface area contributed by atoms with E-state index in [-0.39, 0.29) is 0 Å². The summed E-state index contributed by atoms with van der Waals surface area (Å²) in [6.45, 7) is 0.815. The summed E-state index contributed by atoms with van der Waals surface area (Å²) in [6, 6.07) is 7.06. The number of halogens is 1. The van der Waals surface area contributed by atoms with Gasteiger partial charge >= 0.3 is 0 Å². The third kappa shape index (κ3) is 3.04. The third-order valence-electron chi connectivity index (χ3n) is 3.71. The van der Waals surface area contributed by atoms with Crippen molar-refractivity contribution in [1.29, 1.82) is 0 Å². The van der Waals surface area contributed by atoms with Crippen molar-refractivity contribution in [2.45, 2.75) is 37.9 Å². The molecule has 0 aromatic carbocycles. The minimum absolute atomic E-state index is 0.509. The van der Waals surface area contributed by atoms with Gasteiger partial charge in [0.2, 0.25) is 0 Å². The standard InChI is InChI=1S/C14H17BrN4/c15-14-6-1-3-11(18-14)9-17-12-4-2-5-13(12)19-8-7-16-10-19/h1,3,6-8,10,12-13,17H,2,4-5,9H2. The first-order chi connectivity index (χ1) is 9.33. The molecule has 4 nitrogen and oxygen atoms in total. The summed E-state index contributed by atoms with van der Waals surface area (Å²) in [4.78, 5) is 8.60. The van der Waals surface area contributed by atoms with E-state index in [1.54, 1.807) is 0 Å². The lowest BCUT2D eigenvalue weighted by molar-refractivity contribution is 0.389. The fourth-order valence-electron chi connectivity index (χ4n) is 2.79. The summed E-state index contributed by atoms with van der Waals surface area (Å²) in [5.74, 6) is 0. The van der Waals surface area contributed by atoms with Crippen LogP contribution in [-0.2, 0) is 6.54 Å². The van der Waals surface area contributed by atoms with Gasteiger partial charge in [0.25, 0.3) is 0 Å². The topological polar surface area (TPSA) is 42.7 Å². The van der Waals surface area contributed by atoms with Gasteiger partial charge in [0.05, 0.1) is 12.0 Å². The smallest absolute Gasteiger partial charge is 0.106 e. The summed E-state index contributed by atoms with van der Waals surface area (Å²) in [5, 5.41) is 3.63. The number of rotatable bonds is 4. The molecule has 5 heteroatoms. The van der Waals surface area contributed by atoms with E-state index in [1.165, 1.54) is 19.3 Å². The van der Waals surface area contributed by atoms with E-state index in [9.17, 15) is 0 Å². The molecule has 2 aromatic heterocycles. The molecule has 2 heterocycles. The maximum atomic E-state index is 4.46. The van der Waals surface area contributed by atoms with Crippen molar-refractivity contribution in [2.24, 2.45) is 0 Å². The van der Waals surface area contributed by atoms with Crippen molar-refractivity contribution in [3.8, 4) is 0 Å². The molecule has 1 saturated carbocycles. The highest BCUT2D eigenvalue weighted by Gasteiger charge is 2.27. The van der Waals surface area contributed by atoms with Gasteiger partial charge in [-0.3, -0.25) is 0 Å². The summed E-state index contributed by atoms with van der Waals surface area (Å²) < 4.78 is 3.11. The number of hydrogen-bond donors (Lipinski definition) is 1. The van der Waals surface area contributed by atoms with Crippen LogP contribution in [0.25, 0.3) is 0 Å². The van der Waals surface area contributed by atoms with Crippen LogP contribution in [0.15, 0.2) is 41.5 Å². The monoisotopic (exact) mass is 320 g/mol. The Balaban J connectivity index is 1.63. The van der Waals surface area contributed by atoms with Crippen LogP contribution in [0.2, 0.25) is 0 Å². The molecule has 19 heavy (non-hydrogen) atoms. The summed E-state index contributed by atoms with van der Waals surface area (Å²) in [5.41, 5.74) is 1.07. The van der Waals surface area contributed by atoms with E-state index in [1.807, 2.05) is 24.7 Å². The molecule has 3 rings (SSSR count). The van der Waals surface area contributed by atoms with E-state index in [4.69, 9.17) is 0 Å². The first kappa shape index (κ1) is 12.8. The van der Waals surface area contributed by atoms with Crippen LogP contribution in [0.4, 0.5) is 0 Å². The Morgan fingerprint density at radius 3 is 3.11 bits per heavy atom. The Labute approximate surface area is 121 Å². The SMILES string of the molecule is Brc1cccc(CNC2CCCC2n2ccnc2)n1. The van der Waals surface area contributed by atoms with Gasteiger partial charge in [0.1, 0.15) is 4.60 Å². The minimum atomic E-state index is 0.509. The molecule has 0 spiro atoms. The van der Waals surface area contributed by atoms with Gasteiger partial charge in [0.15, 0.2) is 0 Å². The van der Waals surface area contributed by atoms with Crippen LogP contribution in [0.3, 0.4) is 0 Å². The van der Waals surface area contributed by atoms with Gasteiger partial charge in [-0.05, 0) is 47.3 Å². The Morgan fingerprint density at radius 2 is 2.32 bits per heavy atom. The normalized spacial score (nSPS) is 22.8. The van der Waals surface area contributed by atoms with Crippen LogP contribution in [0, 0.1) is 0 Å². The molecule has 1 aliphatic rings. The average molecular weight is 321 g/mol. The van der Waals surface area contributed by atoms with E-state index < -0.39 is 0 Å². The third-order valence-corrected chi connectivity index (χ3v) is 4.15. The number of imidazole rings is 1. The van der Waals surface area contributed by atoms with Crippen LogP contribution in [0.5, 0.6) is 0 Å². The highest BCUT2D eigenvalue weighted by atomic mass is 79.9. The second kappa shape index (κ2) is 5.84. The van der Waals surface area contributed by atoms with Crippen molar-refractivity contribution in [2.75, 3.05) is 0 Å². The second-order valence-corrected chi connectivity index (χ2v) is 5.76. The maximum Gasteiger partial charge on any atom is 0.106 e. The predicted octanol–water partition coefficient (Wildman–Crippen LogP) is 2.92. The van der Waals surface area contributed by atoms with Crippen molar-refractivity contribution < 1.29 is 0 Å². The zero-order chi connectivity index (χ0) is 13.1. The lowest BCUT2D eigenvalue weighted by Crippen LogP contribution is -2.33. The van der Waals surface area contributed by atoms with Gasteiger partial charge in [-0.1, -0.05) is 6.07 Å². The van der Waals surface area contributed by atoms with Crippen LogP contribution in [-0.4, -0.2) is 20.6 Å². The van der Waals surface area contributed by atoms with E-state index in [0.717, 1.165) is 16.8 Å². The molecule has 0 saturated heterocycles. The fourth-order valence-corrected chi connectivity index (χ4v) is 3.17. The average Bonchev–Trinajstić information content (AvgIpc) is 3.07. The van der Waals surface area contributed by atoms with E-state index >= 15 is 0 Å². The van der Waals surface area contributed by atoms with Crippen LogP contribution in [0.1, 0.15) is 31.0 Å². The minimum Gasteiger partial charge on any atom is -0.333 e. The van der Waals surface area contributed by atoms with Crippen molar-refractivity contribution in [3.05, 3.63) is 47.2 Å². The molecule has 2 atom stereocenters. The Morgan fingerprint density at radius 1 is 1.37 bits per heavy atom. The van der Waals surface area contributed by atoms with Crippen molar-refractivity contribution >= 4 is 15.9 Å². The molecular formula is C14H17BrN4. The molecule has 0 aliphatic heterocycles. The molecule has 2 aromatic rings. The molecule has 1 aliphatic carbocycles. The lowest BCUT2D eigenvalue weighted by atomic mass is 10.1. The first-order valence-corrected chi connectivity index (χ1v) is 7.44. The molecule has 0 amide bonds. The quantitative estimate of drug-likeness (QED) is 0.881. The molecule has 1 fully saturated rings. The first-order valence-electron chi connectivity index (χ1n) is 6.65. The van der Waals surface area contributed by atoms with Gasteiger partial charge in [-0.15, -0.1) is 0 Å². The van der Waals surface area contributed by atoms with E-state index in [2.05, 4.69) is 48.0 Å². The van der Waals surface area contributed by atoms with Crippen LogP contribution < -0.4 is 5.32 Å². The largest absolute Gasteiger partial charge is 0.333 e. The van der Waals surface area contributed by atoms with Crippen molar-refractivity contribution in [1.82, 2.24) is 19.9 Å². The second-order valence-electron chi connectivity index (χ2n) is 4.95. The summed E-state index contributed by atoms with van der Waals surface area (Å²) >= 11 is 3.41. The summed E-state index contributed by atoms with van der Waals surface area (Å²) in [7, 11) is 0. The number of hydrogen-bond acceptors (Lipinski definition) is 3. The molecule has 2 unspecified atom stereocenters. The fraction of sp³-hybridized carbons (Fsp3) is 0.429. The van der Waals surface area contributed by atoms with E-state index in [0.29, 0.717) is 12.1 Å². The zero-order valence-corrected chi connectivity index (χ0v) is 12.3. The molecule has 100 valence electrons. The molecule has 1 N–H and O–H groups in total. The Hall–Kier alpha value is -1.20. The number of pyridine rings is 1. The number of nitrogens with zero attached hydrogens (tertiary/aromatic N) is 3. The number of nitrogens with one attached hydrogen (secondary N) is 1.